The first kappa shape index (κ1) is 34.1. The zero-order valence-electron chi connectivity index (χ0n) is 26.0. The number of hydrogen-bond acceptors (Lipinski definition) is 8. The van der Waals surface area contributed by atoms with Crippen molar-refractivity contribution < 1.29 is 48.4 Å². The van der Waals surface area contributed by atoms with E-state index in [0.717, 1.165) is 0 Å². The Morgan fingerprint density at radius 2 is 1.60 bits per heavy atom. The fraction of sp³-hybridized carbons (Fsp3) is 0.303. The molecule has 47 heavy (non-hydrogen) atoms. The molecule has 0 fully saturated rings. The van der Waals surface area contributed by atoms with Crippen LogP contribution in [0.15, 0.2) is 60.7 Å². The van der Waals surface area contributed by atoms with E-state index >= 15 is 0 Å². The van der Waals surface area contributed by atoms with Crippen LogP contribution in [0.4, 0.5) is 16.2 Å². The second-order valence-electron chi connectivity index (χ2n) is 11.2. The molecule has 2 atom stereocenters. The summed E-state index contributed by atoms with van der Waals surface area (Å²) < 4.78 is 16.3. The van der Waals surface area contributed by atoms with Gasteiger partial charge >= 0.3 is 18.0 Å². The number of aliphatic carboxylic acids is 1. The normalized spacial score (nSPS) is 12.9. The number of urea groups is 1. The molecule has 0 aliphatic carbocycles. The number of ether oxygens (including phenoxy) is 3. The molecule has 248 valence electrons. The summed E-state index contributed by atoms with van der Waals surface area (Å²) in [5.41, 5.74) is 2.00. The number of carbonyl (C=O) groups is 5. The topological polar surface area (TPSA) is 202 Å². The monoisotopic (exact) mass is 648 g/mol. The van der Waals surface area contributed by atoms with E-state index in [1.807, 2.05) is 13.8 Å². The Bertz CT molecular complexity index is 1640. The van der Waals surface area contributed by atoms with Crippen LogP contribution in [0.1, 0.15) is 54.2 Å². The highest BCUT2D eigenvalue weighted by molar-refractivity contribution is 6.01. The Balaban J connectivity index is 1.31. The van der Waals surface area contributed by atoms with E-state index < -0.39 is 48.5 Å². The van der Waals surface area contributed by atoms with Gasteiger partial charge in [-0.2, -0.15) is 0 Å². The second kappa shape index (κ2) is 15.5. The van der Waals surface area contributed by atoms with Gasteiger partial charge in [0, 0.05) is 11.4 Å². The summed E-state index contributed by atoms with van der Waals surface area (Å²) >= 11 is 0. The van der Waals surface area contributed by atoms with Crippen molar-refractivity contribution >= 4 is 41.2 Å². The molecule has 1 heterocycles. The average molecular weight is 649 g/mol. The lowest BCUT2D eigenvalue weighted by molar-refractivity contribution is -0.138. The summed E-state index contributed by atoms with van der Waals surface area (Å²) in [7, 11) is 0. The number of rotatable bonds is 14. The first-order chi connectivity index (χ1) is 22.4. The van der Waals surface area contributed by atoms with Crippen LogP contribution in [-0.2, 0) is 14.4 Å². The largest absolute Gasteiger partial charge is 0.484 e. The fourth-order valence-corrected chi connectivity index (χ4v) is 4.73. The second-order valence-corrected chi connectivity index (χ2v) is 11.2. The molecule has 4 rings (SSSR count). The van der Waals surface area contributed by atoms with Gasteiger partial charge in [-0.1, -0.05) is 26.0 Å². The lowest BCUT2D eigenvalue weighted by Gasteiger charge is -2.24. The molecule has 2 unspecified atom stereocenters. The summed E-state index contributed by atoms with van der Waals surface area (Å²) in [5.74, 6) is -2.03. The summed E-state index contributed by atoms with van der Waals surface area (Å²) in [6.45, 7) is 5.15. The number of amides is 4. The van der Waals surface area contributed by atoms with Crippen molar-refractivity contribution in [2.24, 2.45) is 5.92 Å². The molecule has 3 aromatic carbocycles. The zero-order chi connectivity index (χ0) is 34.1. The van der Waals surface area contributed by atoms with Gasteiger partial charge in [0.05, 0.1) is 18.0 Å². The SMILES string of the molecule is Cc1ccc(C(=O)O)cc1NC(=O)Nc1ccc(OCC(=O)NC(CC(C)C)C(=O)NC(CC(=O)O)c2ccc3c(c2)OCO3)cc1. The van der Waals surface area contributed by atoms with Gasteiger partial charge in [-0.3, -0.25) is 14.4 Å². The number of carboxylic acids is 2. The van der Waals surface area contributed by atoms with E-state index in [1.165, 1.54) is 12.1 Å². The molecular weight excluding hydrogens is 612 g/mol. The number of fused-ring (bicyclic) bond motifs is 1. The van der Waals surface area contributed by atoms with E-state index in [2.05, 4.69) is 21.3 Å². The summed E-state index contributed by atoms with van der Waals surface area (Å²) in [4.78, 5) is 61.4. The molecule has 1 aliphatic rings. The van der Waals surface area contributed by atoms with Gasteiger partial charge in [-0.15, -0.1) is 0 Å². The lowest BCUT2D eigenvalue weighted by Crippen LogP contribution is -2.49. The number of hydrogen-bond donors (Lipinski definition) is 6. The number of aromatic carboxylic acids is 1. The highest BCUT2D eigenvalue weighted by atomic mass is 16.7. The van der Waals surface area contributed by atoms with Crippen LogP contribution in [0.5, 0.6) is 17.2 Å². The number of nitrogens with one attached hydrogen (secondary N) is 4. The highest BCUT2D eigenvalue weighted by Crippen LogP contribution is 2.35. The molecular formula is C33H36N4O10. The predicted octanol–water partition coefficient (Wildman–Crippen LogP) is 4.31. The molecule has 0 radical (unpaired) electrons. The third-order valence-electron chi connectivity index (χ3n) is 7.07. The molecule has 4 amide bonds. The van der Waals surface area contributed by atoms with E-state index in [9.17, 15) is 34.2 Å². The van der Waals surface area contributed by atoms with Gasteiger partial charge in [0.2, 0.25) is 12.7 Å². The van der Waals surface area contributed by atoms with Crippen molar-refractivity contribution in [3.63, 3.8) is 0 Å². The molecule has 0 bridgehead atoms. The van der Waals surface area contributed by atoms with Gasteiger partial charge in [-0.05, 0) is 78.9 Å². The highest BCUT2D eigenvalue weighted by Gasteiger charge is 2.27. The molecule has 3 aromatic rings. The molecule has 6 N–H and O–H groups in total. The summed E-state index contributed by atoms with van der Waals surface area (Å²) in [5, 5.41) is 29.4. The van der Waals surface area contributed by atoms with Gasteiger partial charge in [0.15, 0.2) is 18.1 Å². The molecule has 0 saturated heterocycles. The maximum Gasteiger partial charge on any atom is 0.335 e. The first-order valence-corrected chi connectivity index (χ1v) is 14.7. The summed E-state index contributed by atoms with van der Waals surface area (Å²) in [6, 6.07) is 13.1. The van der Waals surface area contributed by atoms with Crippen LogP contribution >= 0.6 is 0 Å². The van der Waals surface area contributed by atoms with Gasteiger partial charge in [0.25, 0.3) is 5.91 Å². The van der Waals surface area contributed by atoms with Crippen molar-refractivity contribution in [3.8, 4) is 17.2 Å². The van der Waals surface area contributed by atoms with Crippen molar-refractivity contribution in [3.05, 3.63) is 77.4 Å². The molecule has 0 aromatic heterocycles. The van der Waals surface area contributed by atoms with Crippen LogP contribution in [0.25, 0.3) is 0 Å². The Hall–Kier alpha value is -5.79. The van der Waals surface area contributed by atoms with Crippen molar-refractivity contribution in [1.29, 1.82) is 0 Å². The number of benzene rings is 3. The molecule has 0 spiro atoms. The minimum absolute atomic E-state index is 0.0257. The lowest BCUT2D eigenvalue weighted by atomic mass is 10.00. The van der Waals surface area contributed by atoms with Crippen LogP contribution in [0.3, 0.4) is 0 Å². The molecule has 14 heteroatoms. The molecule has 14 nitrogen and oxygen atoms in total. The van der Waals surface area contributed by atoms with E-state index in [1.54, 1.807) is 55.5 Å². The fourth-order valence-electron chi connectivity index (χ4n) is 4.73. The van der Waals surface area contributed by atoms with Crippen molar-refractivity contribution in [2.45, 2.75) is 45.7 Å². The zero-order valence-corrected chi connectivity index (χ0v) is 26.0. The third-order valence-corrected chi connectivity index (χ3v) is 7.07. The van der Waals surface area contributed by atoms with Gasteiger partial charge in [-0.25, -0.2) is 9.59 Å². The van der Waals surface area contributed by atoms with Crippen molar-refractivity contribution in [2.75, 3.05) is 24.0 Å². The van der Waals surface area contributed by atoms with Crippen LogP contribution in [-0.4, -0.2) is 59.4 Å². The standard InChI is InChI=1S/C33H36N4O10/c1-18(2)12-26(31(41)36-25(15-30(39)40)20-6-11-27-28(14-20)47-17-46-27)35-29(38)16-45-23-9-7-22(8-10-23)34-33(44)37-24-13-21(32(42)43)5-4-19(24)3/h4-11,13-14,18,25-26H,12,15-17H2,1-3H3,(H,35,38)(H,36,41)(H,39,40)(H,42,43)(H2,34,37,44). The minimum Gasteiger partial charge on any atom is -0.484 e. The Kier molecular flexibility index (Phi) is 11.2. The van der Waals surface area contributed by atoms with Gasteiger partial charge < -0.3 is 45.7 Å². The van der Waals surface area contributed by atoms with E-state index in [-0.39, 0.29) is 24.7 Å². The van der Waals surface area contributed by atoms with Gasteiger partial charge in [0.1, 0.15) is 11.8 Å². The van der Waals surface area contributed by atoms with Crippen LogP contribution < -0.4 is 35.5 Å². The Morgan fingerprint density at radius 3 is 2.28 bits per heavy atom. The summed E-state index contributed by atoms with van der Waals surface area (Å²) in [6.07, 6.45) is -0.0953. The Morgan fingerprint density at radius 1 is 0.872 bits per heavy atom. The Labute approximate surface area is 270 Å². The third kappa shape index (κ3) is 9.85. The van der Waals surface area contributed by atoms with Crippen molar-refractivity contribution in [1.82, 2.24) is 10.6 Å². The van der Waals surface area contributed by atoms with Crippen LogP contribution in [0, 0.1) is 12.8 Å². The molecule has 0 saturated carbocycles. The number of carbonyl (C=O) groups excluding carboxylic acids is 3. The minimum atomic E-state index is -1.12. The maximum absolute atomic E-state index is 13.3. The smallest absolute Gasteiger partial charge is 0.335 e. The maximum atomic E-state index is 13.3. The van der Waals surface area contributed by atoms with E-state index in [0.29, 0.717) is 46.2 Å². The number of carboxylic acid groups (broad SMARTS) is 2. The number of anilines is 2. The predicted molar refractivity (Wildman–Crippen MR) is 170 cm³/mol. The quantitative estimate of drug-likeness (QED) is 0.146. The number of aryl methyl sites for hydroxylation is 1. The molecule has 1 aliphatic heterocycles. The van der Waals surface area contributed by atoms with E-state index in [4.69, 9.17) is 14.2 Å². The average Bonchev–Trinajstić information content (AvgIpc) is 3.49. The first-order valence-electron chi connectivity index (χ1n) is 14.7. The van der Waals surface area contributed by atoms with Crippen LogP contribution in [0.2, 0.25) is 0 Å².